The van der Waals surface area contributed by atoms with Gasteiger partial charge in [0.15, 0.2) is 23.0 Å². The second-order valence-electron chi connectivity index (χ2n) is 16.5. The molecule has 0 unspecified atom stereocenters. The molecule has 318 valence electrons. The smallest absolute Gasteiger partial charge is 0.163 e. The first-order valence-electron chi connectivity index (χ1n) is 22.2. The van der Waals surface area contributed by atoms with Crippen molar-refractivity contribution in [3.63, 3.8) is 0 Å². The van der Waals surface area contributed by atoms with Crippen LogP contribution in [0, 0.1) is 0 Å². The standard InChI is InChI=1S/C24H31N3O3.C24H29N3O3/c2*1-28-21-15-18-20(16-22(21)30-12-4-11-27-9-2-3-10-27)26-19-5-8-25-24(23(18)19)17-6-13-29-14-7-17/h5,8,15-17,26H,2-4,6-7,9-14H2,1H3;5-6,8,15-16,26H,2-4,7,9-14H2,1H3. The van der Waals surface area contributed by atoms with Gasteiger partial charge in [0.05, 0.1) is 68.6 Å². The summed E-state index contributed by atoms with van der Waals surface area (Å²) in [4.78, 5) is 21.6. The van der Waals surface area contributed by atoms with Gasteiger partial charge in [-0.15, -0.1) is 0 Å². The van der Waals surface area contributed by atoms with Gasteiger partial charge in [-0.2, -0.15) is 0 Å². The van der Waals surface area contributed by atoms with Crippen LogP contribution in [0.25, 0.3) is 49.2 Å². The fourth-order valence-corrected chi connectivity index (χ4v) is 9.50. The van der Waals surface area contributed by atoms with Crippen LogP contribution in [0.3, 0.4) is 0 Å². The quantitative estimate of drug-likeness (QED) is 0.103. The van der Waals surface area contributed by atoms with Gasteiger partial charge in [0.2, 0.25) is 0 Å². The lowest BCUT2D eigenvalue weighted by atomic mass is 9.93. The van der Waals surface area contributed by atoms with Crippen molar-refractivity contribution < 1.29 is 28.4 Å². The number of ether oxygens (including phenoxy) is 6. The lowest BCUT2D eigenvalue weighted by Crippen LogP contribution is -2.21. The lowest BCUT2D eigenvalue weighted by Gasteiger charge is -2.22. The topological polar surface area (TPSA) is 119 Å². The van der Waals surface area contributed by atoms with Crippen LogP contribution < -0.4 is 18.9 Å². The molecule has 4 aliphatic heterocycles. The molecule has 12 nitrogen and oxygen atoms in total. The highest BCUT2D eigenvalue weighted by Gasteiger charge is 2.23. The molecule has 2 N–H and O–H groups in total. The molecule has 12 heteroatoms. The Morgan fingerprint density at radius 2 is 1.22 bits per heavy atom. The van der Waals surface area contributed by atoms with Crippen LogP contribution in [0.2, 0.25) is 0 Å². The highest BCUT2D eigenvalue weighted by Crippen LogP contribution is 2.41. The molecule has 0 spiro atoms. The van der Waals surface area contributed by atoms with Crippen LogP contribution >= 0.6 is 0 Å². The summed E-state index contributed by atoms with van der Waals surface area (Å²) in [7, 11) is 3.41. The van der Waals surface area contributed by atoms with Crippen molar-refractivity contribution in [1.29, 1.82) is 0 Å². The first kappa shape index (κ1) is 40.5. The number of aromatic nitrogens is 4. The summed E-state index contributed by atoms with van der Waals surface area (Å²) in [5, 5.41) is 4.61. The van der Waals surface area contributed by atoms with Gasteiger partial charge in [0.1, 0.15) is 0 Å². The number of methoxy groups -OCH3 is 2. The minimum Gasteiger partial charge on any atom is -0.493 e. The number of nitrogens with zero attached hydrogens (tertiary/aromatic N) is 4. The molecule has 10 rings (SSSR count). The molecule has 4 aromatic heterocycles. The SMILES string of the molecule is COc1cc2c(cc1OCCCN1CCCC1)[nH]c1ccnc(C3=CCOCC3)c12.COc1cc2c(cc1OCCCN1CCCC1)[nH]c1ccnc(C3CCOCC3)c12. The van der Waals surface area contributed by atoms with E-state index < -0.39 is 0 Å². The fourth-order valence-electron chi connectivity index (χ4n) is 9.50. The molecule has 4 aliphatic rings. The van der Waals surface area contributed by atoms with Gasteiger partial charge >= 0.3 is 0 Å². The normalized spacial score (nSPS) is 18.0. The Hall–Kier alpha value is -4.88. The summed E-state index contributed by atoms with van der Waals surface area (Å²) in [6.45, 7) is 11.5. The molecule has 0 bridgehead atoms. The van der Waals surface area contributed by atoms with Crippen molar-refractivity contribution in [2.24, 2.45) is 0 Å². The lowest BCUT2D eigenvalue weighted by molar-refractivity contribution is 0.0848. The van der Waals surface area contributed by atoms with E-state index in [1.807, 2.05) is 18.5 Å². The van der Waals surface area contributed by atoms with Gasteiger partial charge in [-0.05, 0) is 114 Å². The van der Waals surface area contributed by atoms with Crippen molar-refractivity contribution in [3.05, 3.63) is 66.3 Å². The number of H-pyrrole nitrogens is 2. The molecular formula is C48H60N6O6. The van der Waals surface area contributed by atoms with E-state index in [0.29, 0.717) is 25.7 Å². The van der Waals surface area contributed by atoms with Gasteiger partial charge in [0.25, 0.3) is 0 Å². The Morgan fingerprint density at radius 1 is 0.650 bits per heavy atom. The van der Waals surface area contributed by atoms with E-state index >= 15 is 0 Å². The van der Waals surface area contributed by atoms with Crippen LogP contribution in [0.5, 0.6) is 23.0 Å². The van der Waals surface area contributed by atoms with E-state index in [1.165, 1.54) is 68.5 Å². The zero-order chi connectivity index (χ0) is 40.7. The molecule has 0 aliphatic carbocycles. The van der Waals surface area contributed by atoms with Crippen LogP contribution in [0.4, 0.5) is 0 Å². The Bertz CT molecular complexity index is 2410. The number of fused-ring (bicyclic) bond motifs is 6. The molecule has 3 fully saturated rings. The summed E-state index contributed by atoms with van der Waals surface area (Å²) in [6, 6.07) is 12.4. The molecule has 60 heavy (non-hydrogen) atoms. The van der Waals surface area contributed by atoms with Gasteiger partial charge in [-0.3, -0.25) is 9.97 Å². The molecule has 0 saturated carbocycles. The third-order valence-corrected chi connectivity index (χ3v) is 12.6. The fraction of sp³-hybridized carbons (Fsp3) is 0.500. The second kappa shape index (κ2) is 19.2. The predicted molar refractivity (Wildman–Crippen MR) is 238 cm³/mol. The van der Waals surface area contributed by atoms with E-state index in [4.69, 9.17) is 38.4 Å². The molecule has 0 atom stereocenters. The summed E-state index contributed by atoms with van der Waals surface area (Å²) in [5.41, 5.74) is 7.76. The first-order valence-corrected chi connectivity index (χ1v) is 22.2. The van der Waals surface area contributed by atoms with E-state index in [1.54, 1.807) is 14.2 Å². The van der Waals surface area contributed by atoms with Gasteiger partial charge in [-0.25, -0.2) is 0 Å². The predicted octanol–water partition coefficient (Wildman–Crippen LogP) is 8.88. The first-order chi connectivity index (χ1) is 29.7. The van der Waals surface area contributed by atoms with Crippen molar-refractivity contribution in [2.45, 2.75) is 63.7 Å². The average molecular weight is 817 g/mol. The summed E-state index contributed by atoms with van der Waals surface area (Å²) in [6.07, 6.45) is 16.2. The highest BCUT2D eigenvalue weighted by molar-refractivity contribution is 6.12. The molecule has 0 amide bonds. The molecule has 8 heterocycles. The maximum absolute atomic E-state index is 6.13. The number of benzene rings is 2. The number of pyridine rings is 2. The van der Waals surface area contributed by atoms with Crippen LogP contribution in [0.15, 0.2) is 54.9 Å². The highest BCUT2D eigenvalue weighted by atomic mass is 16.5. The maximum Gasteiger partial charge on any atom is 0.163 e. The van der Waals surface area contributed by atoms with Crippen LogP contribution in [-0.4, -0.2) is 123 Å². The number of likely N-dealkylation sites (tertiary alicyclic amines) is 2. The van der Waals surface area contributed by atoms with Crippen molar-refractivity contribution in [3.8, 4) is 23.0 Å². The monoisotopic (exact) mass is 816 g/mol. The summed E-state index contributed by atoms with van der Waals surface area (Å²) in [5.74, 6) is 3.58. The third kappa shape index (κ3) is 8.93. The molecule has 2 aromatic carbocycles. The van der Waals surface area contributed by atoms with E-state index in [9.17, 15) is 0 Å². The van der Waals surface area contributed by atoms with E-state index in [0.717, 1.165) is 132 Å². The summed E-state index contributed by atoms with van der Waals surface area (Å²) >= 11 is 0. The summed E-state index contributed by atoms with van der Waals surface area (Å²) < 4.78 is 34.7. The van der Waals surface area contributed by atoms with Gasteiger partial charge in [-0.1, -0.05) is 6.08 Å². The van der Waals surface area contributed by atoms with Crippen molar-refractivity contribution in [2.75, 3.05) is 93.1 Å². The Morgan fingerprint density at radius 3 is 1.78 bits per heavy atom. The largest absolute Gasteiger partial charge is 0.493 e. The second-order valence-corrected chi connectivity index (χ2v) is 16.5. The van der Waals surface area contributed by atoms with Gasteiger partial charge < -0.3 is 48.2 Å². The third-order valence-electron chi connectivity index (χ3n) is 12.6. The molecular weight excluding hydrogens is 757 g/mol. The zero-order valence-corrected chi connectivity index (χ0v) is 35.4. The number of nitrogens with one attached hydrogen (secondary N) is 2. The van der Waals surface area contributed by atoms with E-state index in [2.05, 4.69) is 56.2 Å². The molecule has 0 radical (unpaired) electrons. The Balaban J connectivity index is 0.000000154. The number of hydrogen-bond donors (Lipinski definition) is 2. The van der Waals surface area contributed by atoms with Crippen LogP contribution in [0.1, 0.15) is 75.1 Å². The average Bonchev–Trinajstić information content (AvgIpc) is 4.14. The minimum absolute atomic E-state index is 0.439. The Labute approximate surface area is 352 Å². The number of rotatable bonds is 14. The van der Waals surface area contributed by atoms with Crippen molar-refractivity contribution >= 4 is 49.2 Å². The molecule has 3 saturated heterocycles. The number of hydrogen-bond acceptors (Lipinski definition) is 10. The maximum atomic E-state index is 6.13. The van der Waals surface area contributed by atoms with Gasteiger partial charge in [0, 0.05) is 83.8 Å². The minimum atomic E-state index is 0.439. The zero-order valence-electron chi connectivity index (χ0n) is 35.4. The van der Waals surface area contributed by atoms with Crippen molar-refractivity contribution in [1.82, 2.24) is 29.7 Å². The molecule has 6 aromatic rings. The van der Waals surface area contributed by atoms with E-state index in [-0.39, 0.29) is 0 Å². The van der Waals surface area contributed by atoms with Crippen LogP contribution in [-0.2, 0) is 9.47 Å². The Kier molecular flexibility index (Phi) is 13.0. The number of aromatic amines is 2.